The number of halogens is 6. The second-order valence-electron chi connectivity index (χ2n) is 9.48. The van der Waals surface area contributed by atoms with E-state index in [4.69, 9.17) is 14.9 Å². The molecule has 0 aliphatic carbocycles. The first-order valence-electron chi connectivity index (χ1n) is 11.8. The number of hydrogen-bond acceptors (Lipinski definition) is 7. The van der Waals surface area contributed by atoms with Gasteiger partial charge in [0.2, 0.25) is 0 Å². The molecule has 2 aliphatic rings. The van der Waals surface area contributed by atoms with E-state index in [1.54, 1.807) is 6.20 Å². The lowest BCUT2D eigenvalue weighted by molar-refractivity contribution is -0.192. The summed E-state index contributed by atoms with van der Waals surface area (Å²) in [5.41, 5.74) is 2.45. The van der Waals surface area contributed by atoms with Crippen LogP contribution in [0.15, 0.2) is 18.5 Å². The highest BCUT2D eigenvalue weighted by molar-refractivity contribution is 5.91. The predicted octanol–water partition coefficient (Wildman–Crippen LogP) is 4.04. The summed E-state index contributed by atoms with van der Waals surface area (Å²) in [5.74, 6) is -1.58. The molecule has 0 bridgehead atoms. The smallest absolute Gasteiger partial charge is 0.475 e. The van der Waals surface area contributed by atoms with Crippen LogP contribution in [0.25, 0.3) is 22.3 Å². The highest BCUT2D eigenvalue weighted by Gasteiger charge is 2.39. The lowest BCUT2D eigenvalue weighted by Crippen LogP contribution is -2.41. The number of carboxylic acids is 1. The summed E-state index contributed by atoms with van der Waals surface area (Å²) in [6.45, 7) is 5.60. The number of aryl methyl sites for hydroxylation is 1. The van der Waals surface area contributed by atoms with Crippen LogP contribution in [0.2, 0.25) is 0 Å². The SMILES string of the molecule is Cc1[nH]ncc1-c1nc(N2CCC3(CCNC3)CC2)c2cc(CC(F)(F)F)ncc2n1.O=C(O)C(F)(F)F. The molecule has 3 aromatic rings. The molecule has 3 aromatic heterocycles. The van der Waals surface area contributed by atoms with Crippen molar-refractivity contribution >= 4 is 22.7 Å². The van der Waals surface area contributed by atoms with E-state index < -0.39 is 24.7 Å². The van der Waals surface area contributed by atoms with Crippen molar-refractivity contribution in [1.29, 1.82) is 0 Å². The number of nitrogens with one attached hydrogen (secondary N) is 2. The molecule has 15 heteroatoms. The number of hydrogen-bond donors (Lipinski definition) is 3. The van der Waals surface area contributed by atoms with Crippen molar-refractivity contribution in [2.45, 2.75) is 45.0 Å². The third kappa shape index (κ3) is 6.31. The van der Waals surface area contributed by atoms with E-state index >= 15 is 0 Å². The Bertz CT molecular complexity index is 1290. The molecule has 206 valence electrons. The molecule has 1 spiro atoms. The summed E-state index contributed by atoms with van der Waals surface area (Å²) in [5, 5.41) is 18.1. The molecule has 0 saturated carbocycles. The molecule has 2 saturated heterocycles. The van der Waals surface area contributed by atoms with Gasteiger partial charge < -0.3 is 15.3 Å². The first kappa shape index (κ1) is 27.5. The molecular weight excluding hydrogens is 520 g/mol. The van der Waals surface area contributed by atoms with Gasteiger partial charge in [-0.2, -0.15) is 31.4 Å². The molecule has 2 aliphatic heterocycles. The van der Waals surface area contributed by atoms with Crippen molar-refractivity contribution in [1.82, 2.24) is 30.5 Å². The second kappa shape index (κ2) is 10.3. The molecule has 0 radical (unpaired) electrons. The van der Waals surface area contributed by atoms with Crippen molar-refractivity contribution < 1.29 is 36.2 Å². The van der Waals surface area contributed by atoms with Gasteiger partial charge in [0.1, 0.15) is 5.82 Å². The minimum Gasteiger partial charge on any atom is -0.475 e. The summed E-state index contributed by atoms with van der Waals surface area (Å²) in [4.78, 5) is 24.5. The number of carbonyl (C=O) groups is 1. The summed E-state index contributed by atoms with van der Waals surface area (Å²) >= 11 is 0. The first-order valence-corrected chi connectivity index (χ1v) is 11.8. The van der Waals surface area contributed by atoms with Gasteiger partial charge in [-0.05, 0) is 44.2 Å². The summed E-state index contributed by atoms with van der Waals surface area (Å²) in [7, 11) is 0. The van der Waals surface area contributed by atoms with Gasteiger partial charge in [-0.25, -0.2) is 14.8 Å². The molecule has 9 nitrogen and oxygen atoms in total. The first-order chi connectivity index (χ1) is 17.8. The molecule has 0 aromatic carbocycles. The van der Waals surface area contributed by atoms with Crippen molar-refractivity contribution in [2.75, 3.05) is 31.1 Å². The van der Waals surface area contributed by atoms with Crippen LogP contribution in [0.3, 0.4) is 0 Å². The van der Waals surface area contributed by atoms with Gasteiger partial charge in [0.05, 0.1) is 35.6 Å². The third-order valence-corrected chi connectivity index (χ3v) is 6.77. The number of aromatic amines is 1. The monoisotopic (exact) mass is 545 g/mol. The zero-order valence-corrected chi connectivity index (χ0v) is 20.2. The largest absolute Gasteiger partial charge is 0.490 e. The van der Waals surface area contributed by atoms with Crippen LogP contribution in [0.1, 0.15) is 30.7 Å². The van der Waals surface area contributed by atoms with E-state index in [0.717, 1.165) is 50.3 Å². The lowest BCUT2D eigenvalue weighted by Gasteiger charge is -2.39. The topological polar surface area (TPSA) is 120 Å². The number of anilines is 1. The fraction of sp³-hybridized carbons (Fsp3) is 0.522. The number of aliphatic carboxylic acids is 1. The fourth-order valence-electron chi connectivity index (χ4n) is 4.71. The van der Waals surface area contributed by atoms with Gasteiger partial charge in [0, 0.05) is 30.7 Å². The van der Waals surface area contributed by atoms with E-state index in [-0.39, 0.29) is 5.69 Å². The predicted molar refractivity (Wildman–Crippen MR) is 124 cm³/mol. The molecule has 38 heavy (non-hydrogen) atoms. The normalized spacial score (nSPS) is 17.5. The van der Waals surface area contributed by atoms with Crippen LogP contribution in [0.4, 0.5) is 32.2 Å². The standard InChI is InChI=1S/C21H24F3N7.C2HF3O2/c1-13-16(10-27-30-13)18-28-17-11-26-14(9-21(22,23)24)8-15(17)19(29-18)31-6-3-20(4-7-31)2-5-25-12-20;3-2(4,5)1(6)7/h8,10-11,25H,2-7,9,12H2,1H3,(H,27,30);(H,6,7). The lowest BCUT2D eigenvalue weighted by atomic mass is 9.78. The number of rotatable bonds is 3. The average molecular weight is 545 g/mol. The van der Waals surface area contributed by atoms with Crippen LogP contribution >= 0.6 is 0 Å². The molecule has 5 heterocycles. The van der Waals surface area contributed by atoms with E-state index in [1.165, 1.54) is 18.7 Å². The van der Waals surface area contributed by atoms with Crippen LogP contribution < -0.4 is 10.2 Å². The van der Waals surface area contributed by atoms with Crippen molar-refractivity contribution in [3.8, 4) is 11.4 Å². The van der Waals surface area contributed by atoms with Crippen molar-refractivity contribution in [2.24, 2.45) is 5.41 Å². The maximum atomic E-state index is 13.0. The summed E-state index contributed by atoms with van der Waals surface area (Å²) in [6, 6.07) is 1.49. The fourth-order valence-corrected chi connectivity index (χ4v) is 4.71. The number of fused-ring (bicyclic) bond motifs is 1. The number of pyridine rings is 1. The van der Waals surface area contributed by atoms with Crippen LogP contribution in [-0.4, -0.2) is 74.8 Å². The quantitative estimate of drug-likeness (QED) is 0.422. The molecular formula is C23H25F6N7O2. The van der Waals surface area contributed by atoms with E-state index in [0.29, 0.717) is 28.0 Å². The maximum absolute atomic E-state index is 13.0. The van der Waals surface area contributed by atoms with Crippen LogP contribution in [0, 0.1) is 12.3 Å². The zero-order chi connectivity index (χ0) is 27.7. The maximum Gasteiger partial charge on any atom is 0.490 e. The molecule has 0 unspecified atom stereocenters. The Morgan fingerprint density at radius 2 is 1.79 bits per heavy atom. The minimum atomic E-state index is -5.08. The van der Waals surface area contributed by atoms with E-state index in [1.807, 2.05) is 6.92 Å². The van der Waals surface area contributed by atoms with Gasteiger partial charge in [0.15, 0.2) is 5.82 Å². The summed E-state index contributed by atoms with van der Waals surface area (Å²) < 4.78 is 70.6. The Hall–Kier alpha value is -3.49. The number of H-pyrrole nitrogens is 1. The zero-order valence-electron chi connectivity index (χ0n) is 20.2. The van der Waals surface area contributed by atoms with Gasteiger partial charge in [-0.15, -0.1) is 0 Å². The number of alkyl halides is 6. The Morgan fingerprint density at radius 1 is 1.11 bits per heavy atom. The molecule has 5 rings (SSSR count). The average Bonchev–Trinajstić information content (AvgIpc) is 3.47. The van der Waals surface area contributed by atoms with Gasteiger partial charge in [0.25, 0.3) is 0 Å². The van der Waals surface area contributed by atoms with Gasteiger partial charge in [-0.1, -0.05) is 0 Å². The highest BCUT2D eigenvalue weighted by Crippen LogP contribution is 2.39. The Balaban J connectivity index is 0.000000426. The number of carboxylic acid groups (broad SMARTS) is 1. The molecule has 0 atom stereocenters. The van der Waals surface area contributed by atoms with Crippen LogP contribution in [0.5, 0.6) is 0 Å². The van der Waals surface area contributed by atoms with E-state index in [9.17, 15) is 26.3 Å². The Kier molecular flexibility index (Phi) is 7.50. The van der Waals surface area contributed by atoms with Gasteiger partial charge >= 0.3 is 18.3 Å². The van der Waals surface area contributed by atoms with Gasteiger partial charge in [-0.3, -0.25) is 10.1 Å². The van der Waals surface area contributed by atoms with Crippen molar-refractivity contribution in [3.63, 3.8) is 0 Å². The molecule has 0 amide bonds. The second-order valence-corrected chi connectivity index (χ2v) is 9.48. The number of aromatic nitrogens is 5. The number of nitrogens with zero attached hydrogens (tertiary/aromatic N) is 5. The van der Waals surface area contributed by atoms with Crippen LogP contribution in [-0.2, 0) is 11.2 Å². The highest BCUT2D eigenvalue weighted by atomic mass is 19.4. The van der Waals surface area contributed by atoms with Crippen molar-refractivity contribution in [3.05, 3.63) is 29.8 Å². The molecule has 3 N–H and O–H groups in total. The Labute approximate surface area is 212 Å². The minimum absolute atomic E-state index is 0.0226. The number of piperidine rings is 1. The van der Waals surface area contributed by atoms with E-state index in [2.05, 4.69) is 30.4 Å². The third-order valence-electron chi connectivity index (χ3n) is 6.77. The molecule has 2 fully saturated rings. The summed E-state index contributed by atoms with van der Waals surface area (Å²) in [6.07, 6.45) is -4.14. The Morgan fingerprint density at radius 3 is 2.32 bits per heavy atom.